The van der Waals surface area contributed by atoms with Crippen LogP contribution in [0.4, 0.5) is 0 Å². The van der Waals surface area contributed by atoms with Gasteiger partial charge in [-0.1, -0.05) is 6.07 Å². The van der Waals surface area contributed by atoms with Gasteiger partial charge in [-0.25, -0.2) is 4.79 Å². The van der Waals surface area contributed by atoms with E-state index >= 15 is 0 Å². The number of rotatable bonds is 8. The summed E-state index contributed by atoms with van der Waals surface area (Å²) in [6.07, 6.45) is -2.50. The molecule has 1 aromatic rings. The van der Waals surface area contributed by atoms with Crippen LogP contribution < -0.4 is 4.74 Å². The molecule has 0 spiro atoms. The second kappa shape index (κ2) is 8.89. The van der Waals surface area contributed by atoms with Crippen LogP contribution in [0.3, 0.4) is 0 Å². The van der Waals surface area contributed by atoms with E-state index in [-0.39, 0.29) is 17.8 Å². The number of methoxy groups -OCH3 is 1. The summed E-state index contributed by atoms with van der Waals surface area (Å²) in [6, 6.07) is 4.36. The zero-order valence-electron chi connectivity index (χ0n) is 12.3. The van der Waals surface area contributed by atoms with E-state index in [1.807, 2.05) is 0 Å². The fourth-order valence-corrected chi connectivity index (χ4v) is 1.69. The monoisotopic (exact) mass is 326 g/mol. The molecule has 0 radical (unpaired) electrons. The third-order valence-electron chi connectivity index (χ3n) is 2.91. The van der Waals surface area contributed by atoms with Gasteiger partial charge in [-0.15, -0.1) is 0 Å². The summed E-state index contributed by atoms with van der Waals surface area (Å²) in [5.41, 5.74) is 0.520. The van der Waals surface area contributed by atoms with E-state index < -0.39 is 30.9 Å². The molecule has 0 aliphatic heterocycles. The van der Waals surface area contributed by atoms with Crippen LogP contribution in [0.5, 0.6) is 11.5 Å². The van der Waals surface area contributed by atoms with E-state index in [9.17, 15) is 24.9 Å². The van der Waals surface area contributed by atoms with Crippen LogP contribution in [0.1, 0.15) is 5.56 Å². The Morgan fingerprint density at radius 2 is 2.04 bits per heavy atom. The van der Waals surface area contributed by atoms with Gasteiger partial charge in [-0.3, -0.25) is 0 Å². The molecular weight excluding hydrogens is 308 g/mol. The molecule has 4 N–H and O–H groups in total. The van der Waals surface area contributed by atoms with Gasteiger partial charge in [0.15, 0.2) is 23.9 Å². The summed E-state index contributed by atoms with van der Waals surface area (Å²) in [5.74, 6) is -0.784. The summed E-state index contributed by atoms with van der Waals surface area (Å²) in [4.78, 5) is 22.2. The summed E-state index contributed by atoms with van der Waals surface area (Å²) >= 11 is 0. The lowest BCUT2D eigenvalue weighted by Crippen LogP contribution is -2.43. The lowest BCUT2D eigenvalue weighted by atomic mass is 10.1. The molecule has 0 fully saturated rings. The number of carbonyl (C=O) groups is 2. The lowest BCUT2D eigenvalue weighted by Gasteiger charge is -2.22. The summed E-state index contributed by atoms with van der Waals surface area (Å²) < 4.78 is 9.68. The molecule has 0 aliphatic rings. The van der Waals surface area contributed by atoms with Crippen LogP contribution in [-0.2, 0) is 14.3 Å². The highest BCUT2D eigenvalue weighted by Crippen LogP contribution is 2.26. The number of benzene rings is 1. The Balaban J connectivity index is 2.79. The average Bonchev–Trinajstić information content (AvgIpc) is 2.57. The number of hydrogen-bond acceptors (Lipinski definition) is 8. The highest BCUT2D eigenvalue weighted by atomic mass is 16.6. The van der Waals surface area contributed by atoms with E-state index in [0.717, 1.165) is 6.08 Å². The van der Waals surface area contributed by atoms with Gasteiger partial charge in [0.05, 0.1) is 13.7 Å². The van der Waals surface area contributed by atoms with Crippen LogP contribution >= 0.6 is 0 Å². The Morgan fingerprint density at radius 1 is 1.35 bits per heavy atom. The first-order valence-corrected chi connectivity index (χ1v) is 6.61. The number of aliphatic hydroxyl groups excluding tert-OH is 3. The summed E-state index contributed by atoms with van der Waals surface area (Å²) in [7, 11) is 1.37. The first kappa shape index (κ1) is 18.6. The molecule has 23 heavy (non-hydrogen) atoms. The molecule has 1 aromatic carbocycles. The first-order chi connectivity index (χ1) is 10.9. The lowest BCUT2D eigenvalue weighted by molar-refractivity contribution is -0.161. The van der Waals surface area contributed by atoms with Crippen molar-refractivity contribution < 1.29 is 39.5 Å². The number of hydrogen-bond donors (Lipinski definition) is 4. The molecule has 8 nitrogen and oxygen atoms in total. The van der Waals surface area contributed by atoms with Gasteiger partial charge in [0.1, 0.15) is 12.2 Å². The maximum absolute atomic E-state index is 11.7. The third kappa shape index (κ3) is 5.37. The smallest absolute Gasteiger partial charge is 0.331 e. The van der Waals surface area contributed by atoms with Crippen molar-refractivity contribution in [1.29, 1.82) is 0 Å². The zero-order valence-corrected chi connectivity index (χ0v) is 12.3. The third-order valence-corrected chi connectivity index (χ3v) is 2.91. The predicted octanol–water partition coefficient (Wildman–Crippen LogP) is -0.761. The van der Waals surface area contributed by atoms with E-state index in [1.54, 1.807) is 0 Å². The van der Waals surface area contributed by atoms with Crippen LogP contribution in [0.15, 0.2) is 24.3 Å². The van der Waals surface area contributed by atoms with Gasteiger partial charge in [0.25, 0.3) is 0 Å². The molecule has 0 aromatic heterocycles. The Morgan fingerprint density at radius 3 is 2.61 bits per heavy atom. The normalized spacial score (nSPS) is 15.0. The zero-order chi connectivity index (χ0) is 17.4. The van der Waals surface area contributed by atoms with Crippen molar-refractivity contribution in [3.05, 3.63) is 29.8 Å². The van der Waals surface area contributed by atoms with Crippen molar-refractivity contribution in [3.63, 3.8) is 0 Å². The van der Waals surface area contributed by atoms with Gasteiger partial charge in [0, 0.05) is 6.08 Å². The van der Waals surface area contributed by atoms with Crippen molar-refractivity contribution >= 4 is 18.3 Å². The quantitative estimate of drug-likeness (QED) is 0.278. The van der Waals surface area contributed by atoms with Crippen molar-refractivity contribution in [2.24, 2.45) is 0 Å². The summed E-state index contributed by atoms with van der Waals surface area (Å²) in [6.45, 7) is -0.790. The minimum atomic E-state index is -1.76. The molecule has 3 atom stereocenters. The van der Waals surface area contributed by atoms with Crippen LogP contribution in [0.25, 0.3) is 6.08 Å². The first-order valence-electron chi connectivity index (χ1n) is 6.61. The van der Waals surface area contributed by atoms with Gasteiger partial charge in [0.2, 0.25) is 0 Å². The standard InChI is InChI=1S/C15H18O8/c1-22-13-6-9(2-4-10(13)18)3-5-14(21)23-15(11(19)7-16)12(20)8-17/h2-7,11-12,15,17-20H,8H2,1H3/b5-3+/t11-,12-,15+/m0/s1. The number of aliphatic hydroxyl groups is 3. The Labute approximate surface area is 132 Å². The highest BCUT2D eigenvalue weighted by molar-refractivity contribution is 5.87. The molecule has 0 unspecified atom stereocenters. The number of esters is 1. The molecule has 0 heterocycles. The predicted molar refractivity (Wildman–Crippen MR) is 78.7 cm³/mol. The topological polar surface area (TPSA) is 134 Å². The number of ether oxygens (including phenoxy) is 2. The highest BCUT2D eigenvalue weighted by Gasteiger charge is 2.29. The molecule has 8 heteroatoms. The van der Waals surface area contributed by atoms with E-state index in [1.165, 1.54) is 31.4 Å². The largest absolute Gasteiger partial charge is 0.504 e. The van der Waals surface area contributed by atoms with E-state index in [2.05, 4.69) is 0 Å². The minimum absolute atomic E-state index is 0.0625. The molecule has 0 bridgehead atoms. The fourth-order valence-electron chi connectivity index (χ4n) is 1.69. The van der Waals surface area contributed by atoms with Gasteiger partial charge in [-0.2, -0.15) is 0 Å². The Bertz CT molecular complexity index is 569. The van der Waals surface area contributed by atoms with Crippen molar-refractivity contribution in [3.8, 4) is 11.5 Å². The number of phenols is 1. The van der Waals surface area contributed by atoms with Crippen LogP contribution in [-0.4, -0.2) is 64.7 Å². The van der Waals surface area contributed by atoms with Crippen LogP contribution in [0, 0.1) is 0 Å². The molecule has 0 saturated heterocycles. The second-order valence-electron chi connectivity index (χ2n) is 4.54. The van der Waals surface area contributed by atoms with Crippen molar-refractivity contribution in [2.45, 2.75) is 18.3 Å². The second-order valence-corrected chi connectivity index (χ2v) is 4.54. The molecular formula is C15H18O8. The average molecular weight is 326 g/mol. The number of aromatic hydroxyl groups is 1. The van der Waals surface area contributed by atoms with Crippen molar-refractivity contribution in [2.75, 3.05) is 13.7 Å². The van der Waals surface area contributed by atoms with E-state index in [0.29, 0.717) is 5.56 Å². The maximum atomic E-state index is 11.7. The van der Waals surface area contributed by atoms with Gasteiger partial charge < -0.3 is 34.7 Å². The van der Waals surface area contributed by atoms with Crippen molar-refractivity contribution in [1.82, 2.24) is 0 Å². The fraction of sp³-hybridized carbons (Fsp3) is 0.333. The Kier molecular flexibility index (Phi) is 7.20. The molecule has 0 aliphatic carbocycles. The van der Waals surface area contributed by atoms with Gasteiger partial charge >= 0.3 is 5.97 Å². The summed E-state index contributed by atoms with van der Waals surface area (Å²) in [5, 5.41) is 37.1. The molecule has 0 saturated carbocycles. The maximum Gasteiger partial charge on any atom is 0.331 e. The van der Waals surface area contributed by atoms with Gasteiger partial charge in [-0.05, 0) is 23.8 Å². The molecule has 126 valence electrons. The number of aldehydes is 1. The number of carbonyl (C=O) groups excluding carboxylic acids is 2. The van der Waals surface area contributed by atoms with E-state index in [4.69, 9.17) is 14.6 Å². The number of phenolic OH excluding ortho intramolecular Hbond substituents is 1. The molecule has 0 amide bonds. The minimum Gasteiger partial charge on any atom is -0.504 e. The van der Waals surface area contributed by atoms with Crippen LogP contribution in [0.2, 0.25) is 0 Å². The SMILES string of the molecule is COc1cc(/C=C/C(=O)O[C@H]([C@@H](O)C=O)[C@@H](O)CO)ccc1O. The molecule has 1 rings (SSSR count). The Hall–Kier alpha value is -2.42.